The van der Waals surface area contributed by atoms with Gasteiger partial charge in [-0.15, -0.1) is 0 Å². The number of hydrogen-bond acceptors (Lipinski definition) is 3. The molecule has 0 amide bonds. The molecule has 0 aliphatic rings. The van der Waals surface area contributed by atoms with Crippen molar-refractivity contribution in [2.75, 3.05) is 6.61 Å². The number of nitrogens with one attached hydrogen (secondary N) is 1. The van der Waals surface area contributed by atoms with E-state index in [1.165, 1.54) is 6.07 Å². The molecule has 3 nitrogen and oxygen atoms in total. The molecule has 7 heteroatoms. The van der Waals surface area contributed by atoms with Gasteiger partial charge in [-0.1, -0.05) is 19.1 Å². The van der Waals surface area contributed by atoms with Gasteiger partial charge in [-0.05, 0) is 42.3 Å². The number of halogens is 3. The van der Waals surface area contributed by atoms with Crippen LogP contribution in [0.25, 0.3) is 11.3 Å². The summed E-state index contributed by atoms with van der Waals surface area (Å²) in [7, 11) is 0. The van der Waals surface area contributed by atoms with Gasteiger partial charge in [0.1, 0.15) is 10.4 Å². The lowest BCUT2D eigenvalue weighted by Crippen LogP contribution is -2.11. The first kappa shape index (κ1) is 15.5. The van der Waals surface area contributed by atoms with E-state index in [9.17, 15) is 13.2 Å². The Hall–Kier alpha value is -1.89. The van der Waals surface area contributed by atoms with Crippen LogP contribution >= 0.6 is 12.2 Å². The Morgan fingerprint density at radius 2 is 1.90 bits per heavy atom. The highest BCUT2D eigenvalue weighted by atomic mass is 32.1. The number of H-pyrrole nitrogens is 1. The quantitative estimate of drug-likeness (QED) is 0.837. The zero-order valence-electron chi connectivity index (χ0n) is 11.2. The maximum atomic E-state index is 12.7. The van der Waals surface area contributed by atoms with Crippen molar-refractivity contribution in [3.8, 4) is 17.0 Å². The molecule has 0 aliphatic carbocycles. The van der Waals surface area contributed by atoms with Crippen LogP contribution in [0.5, 0.6) is 5.75 Å². The second-order valence-electron chi connectivity index (χ2n) is 4.35. The summed E-state index contributed by atoms with van der Waals surface area (Å²) >= 11 is 4.78. The number of nitrogens with zero attached hydrogens (tertiary/aromatic N) is 1. The normalized spacial score (nSPS) is 11.4. The van der Waals surface area contributed by atoms with E-state index >= 15 is 0 Å². The molecule has 0 atom stereocenters. The largest absolute Gasteiger partial charge is 0.494 e. The Labute approximate surface area is 124 Å². The predicted octanol–water partition coefficient (Wildman–Crippen LogP) is 4.61. The van der Waals surface area contributed by atoms with Crippen LogP contribution in [-0.4, -0.2) is 16.6 Å². The van der Waals surface area contributed by atoms with Gasteiger partial charge in [0.25, 0.3) is 0 Å². The summed E-state index contributed by atoms with van der Waals surface area (Å²) < 4.78 is 43.4. The van der Waals surface area contributed by atoms with Gasteiger partial charge in [-0.2, -0.15) is 13.2 Å². The van der Waals surface area contributed by atoms with Crippen molar-refractivity contribution in [2.24, 2.45) is 0 Å². The third kappa shape index (κ3) is 4.04. The molecule has 0 radical (unpaired) electrons. The first-order valence-electron chi connectivity index (χ1n) is 6.32. The van der Waals surface area contributed by atoms with Gasteiger partial charge in [0, 0.05) is 5.69 Å². The number of rotatable bonds is 4. The van der Waals surface area contributed by atoms with Crippen LogP contribution in [0.3, 0.4) is 0 Å². The Bertz CT molecular complexity index is 665. The van der Waals surface area contributed by atoms with Gasteiger partial charge in [-0.25, -0.2) is 4.98 Å². The van der Waals surface area contributed by atoms with Crippen molar-refractivity contribution in [2.45, 2.75) is 19.5 Å². The predicted molar refractivity (Wildman–Crippen MR) is 75.6 cm³/mol. The van der Waals surface area contributed by atoms with Crippen LogP contribution in [0, 0.1) is 4.64 Å². The van der Waals surface area contributed by atoms with E-state index in [-0.39, 0.29) is 10.3 Å². The number of benzene rings is 1. The summed E-state index contributed by atoms with van der Waals surface area (Å²) in [6, 6.07) is 8.15. The van der Waals surface area contributed by atoms with E-state index in [1.807, 2.05) is 6.92 Å². The smallest absolute Gasteiger partial charge is 0.449 e. The van der Waals surface area contributed by atoms with E-state index < -0.39 is 12.0 Å². The SMILES string of the molecule is CCCOc1ccc(-c2cc(=S)nc(C(F)(F)F)[nH]2)cc1. The van der Waals surface area contributed by atoms with Gasteiger partial charge >= 0.3 is 6.18 Å². The molecule has 0 saturated heterocycles. The molecule has 0 spiro atoms. The molecule has 2 rings (SSSR count). The zero-order valence-corrected chi connectivity index (χ0v) is 12.0. The summed E-state index contributed by atoms with van der Waals surface area (Å²) in [6.07, 6.45) is -3.68. The standard InChI is InChI=1S/C14H13F3N2OS/c1-2-7-20-10-5-3-9(4-6-10)11-8-12(21)19-13(18-11)14(15,16)17/h3-6,8H,2,7H2,1H3,(H,18,19,21). The van der Waals surface area contributed by atoms with Crippen LogP contribution in [0.15, 0.2) is 30.3 Å². The highest BCUT2D eigenvalue weighted by Gasteiger charge is 2.34. The molecule has 1 aromatic carbocycles. The monoisotopic (exact) mass is 314 g/mol. The minimum atomic E-state index is -4.56. The fraction of sp³-hybridized carbons (Fsp3) is 0.286. The van der Waals surface area contributed by atoms with Crippen molar-refractivity contribution in [1.29, 1.82) is 0 Å². The summed E-state index contributed by atoms with van der Waals surface area (Å²) in [5.74, 6) is -0.430. The third-order valence-electron chi connectivity index (χ3n) is 2.65. The Morgan fingerprint density at radius 3 is 2.48 bits per heavy atom. The van der Waals surface area contributed by atoms with Crippen LogP contribution in [0.2, 0.25) is 0 Å². The van der Waals surface area contributed by atoms with Crippen LogP contribution in [0.4, 0.5) is 13.2 Å². The minimum Gasteiger partial charge on any atom is -0.494 e. The van der Waals surface area contributed by atoms with Crippen molar-refractivity contribution >= 4 is 12.2 Å². The Balaban J connectivity index is 2.33. The molecule has 1 aromatic heterocycles. The van der Waals surface area contributed by atoms with Gasteiger partial charge in [0.15, 0.2) is 0 Å². The third-order valence-corrected chi connectivity index (χ3v) is 2.86. The van der Waals surface area contributed by atoms with E-state index in [0.29, 0.717) is 17.9 Å². The van der Waals surface area contributed by atoms with Gasteiger partial charge in [0.2, 0.25) is 5.82 Å². The molecule has 21 heavy (non-hydrogen) atoms. The first-order valence-corrected chi connectivity index (χ1v) is 6.73. The van der Waals surface area contributed by atoms with Crippen molar-refractivity contribution in [3.05, 3.63) is 40.8 Å². The van der Waals surface area contributed by atoms with Crippen molar-refractivity contribution in [1.82, 2.24) is 9.97 Å². The van der Waals surface area contributed by atoms with E-state index in [4.69, 9.17) is 17.0 Å². The second kappa shape index (κ2) is 6.26. The highest BCUT2D eigenvalue weighted by Crippen LogP contribution is 2.28. The van der Waals surface area contributed by atoms with Crippen molar-refractivity contribution in [3.63, 3.8) is 0 Å². The maximum absolute atomic E-state index is 12.7. The number of alkyl halides is 3. The van der Waals surface area contributed by atoms with E-state index in [1.54, 1.807) is 24.3 Å². The van der Waals surface area contributed by atoms with Gasteiger partial charge < -0.3 is 9.72 Å². The van der Waals surface area contributed by atoms with E-state index in [0.717, 1.165) is 6.42 Å². The maximum Gasteiger partial charge on any atom is 0.449 e. The molecule has 0 bridgehead atoms. The molecule has 112 valence electrons. The van der Waals surface area contributed by atoms with Crippen LogP contribution in [0.1, 0.15) is 19.2 Å². The minimum absolute atomic E-state index is 0.109. The van der Waals surface area contributed by atoms with Gasteiger partial charge in [-0.3, -0.25) is 0 Å². The summed E-state index contributed by atoms with van der Waals surface area (Å²) in [4.78, 5) is 5.56. The number of ether oxygens (including phenoxy) is 1. The molecule has 1 N–H and O–H groups in total. The number of aromatic amines is 1. The topological polar surface area (TPSA) is 37.9 Å². The van der Waals surface area contributed by atoms with E-state index in [2.05, 4.69) is 9.97 Å². The lowest BCUT2D eigenvalue weighted by atomic mass is 10.1. The molecular weight excluding hydrogens is 301 g/mol. The Morgan fingerprint density at radius 1 is 1.24 bits per heavy atom. The average molecular weight is 314 g/mol. The molecule has 1 heterocycles. The Kier molecular flexibility index (Phi) is 4.62. The first-order chi connectivity index (χ1) is 9.90. The van der Waals surface area contributed by atoms with Gasteiger partial charge in [0.05, 0.1) is 6.61 Å². The fourth-order valence-corrected chi connectivity index (χ4v) is 1.91. The molecule has 0 aliphatic heterocycles. The lowest BCUT2D eigenvalue weighted by molar-refractivity contribution is -0.144. The molecule has 0 saturated carbocycles. The van der Waals surface area contributed by atoms with Crippen LogP contribution < -0.4 is 4.74 Å². The summed E-state index contributed by atoms with van der Waals surface area (Å²) in [5, 5.41) is 0. The summed E-state index contributed by atoms with van der Waals surface area (Å²) in [6.45, 7) is 2.58. The number of aromatic nitrogens is 2. The molecule has 0 fully saturated rings. The molecular formula is C14H13F3N2OS. The zero-order chi connectivity index (χ0) is 15.5. The highest BCUT2D eigenvalue weighted by molar-refractivity contribution is 7.71. The molecule has 0 unspecified atom stereocenters. The number of hydrogen-bond donors (Lipinski definition) is 1. The fourth-order valence-electron chi connectivity index (χ4n) is 1.70. The average Bonchev–Trinajstić information content (AvgIpc) is 2.44. The van der Waals surface area contributed by atoms with Crippen LogP contribution in [-0.2, 0) is 6.18 Å². The second-order valence-corrected chi connectivity index (χ2v) is 4.77. The molecule has 2 aromatic rings. The summed E-state index contributed by atoms with van der Waals surface area (Å²) in [5.41, 5.74) is 0.849. The van der Waals surface area contributed by atoms with Crippen molar-refractivity contribution < 1.29 is 17.9 Å². The lowest BCUT2D eigenvalue weighted by Gasteiger charge is -2.09.